The fraction of sp³-hybridized carbons (Fsp3) is 0.304. The van der Waals surface area contributed by atoms with Crippen molar-refractivity contribution in [3.8, 4) is 23.3 Å². The van der Waals surface area contributed by atoms with Gasteiger partial charge in [0.05, 0.1) is 6.04 Å². The van der Waals surface area contributed by atoms with Gasteiger partial charge < -0.3 is 19.1 Å². The van der Waals surface area contributed by atoms with Crippen molar-refractivity contribution >= 4 is 12.0 Å². The van der Waals surface area contributed by atoms with Crippen molar-refractivity contribution < 1.29 is 19.0 Å². The van der Waals surface area contributed by atoms with Gasteiger partial charge in [0.15, 0.2) is 18.1 Å². The molecule has 29 heavy (non-hydrogen) atoms. The average molecular weight is 390 g/mol. The van der Waals surface area contributed by atoms with Gasteiger partial charge in [-0.15, -0.1) is 0 Å². The molecule has 4 rings (SSSR count). The average Bonchev–Trinajstić information content (AvgIpc) is 3.26. The molecule has 0 saturated carbocycles. The first-order valence-electron chi connectivity index (χ1n) is 9.72. The van der Waals surface area contributed by atoms with Gasteiger partial charge >= 0.3 is 0 Å². The second kappa shape index (κ2) is 8.70. The van der Waals surface area contributed by atoms with Crippen LogP contribution in [-0.4, -0.2) is 37.2 Å². The molecular formula is C23H22N2O4. The van der Waals surface area contributed by atoms with Crippen LogP contribution in [0.4, 0.5) is 0 Å². The first-order valence-corrected chi connectivity index (χ1v) is 9.72. The van der Waals surface area contributed by atoms with E-state index in [1.165, 1.54) is 0 Å². The standard InChI is InChI=1S/C23H22N2O4/c24-11-13-27-19-7-3-17(4-8-19)5-10-23(26)25-12-1-2-20(25)18-6-9-21-22(16-18)29-15-14-28-21/h3-10,16,20H,1-2,12-15H2/b10-5+. The summed E-state index contributed by atoms with van der Waals surface area (Å²) in [6.07, 6.45) is 5.32. The Morgan fingerprint density at radius 2 is 1.97 bits per heavy atom. The van der Waals surface area contributed by atoms with E-state index < -0.39 is 0 Å². The van der Waals surface area contributed by atoms with Crippen molar-refractivity contribution in [2.75, 3.05) is 26.4 Å². The first kappa shape index (κ1) is 18.9. The lowest BCUT2D eigenvalue weighted by Crippen LogP contribution is -2.29. The SMILES string of the molecule is N#CCOc1ccc(/C=C/C(=O)N2CCCC2c2ccc3c(c2)OCCO3)cc1. The molecule has 0 N–H and O–H groups in total. The molecule has 0 bridgehead atoms. The number of carbonyl (C=O) groups is 1. The second-order valence-electron chi connectivity index (χ2n) is 6.94. The number of carbonyl (C=O) groups excluding carboxylic acids is 1. The fourth-order valence-electron chi connectivity index (χ4n) is 3.70. The lowest BCUT2D eigenvalue weighted by Gasteiger charge is -2.26. The van der Waals surface area contributed by atoms with E-state index >= 15 is 0 Å². The lowest BCUT2D eigenvalue weighted by molar-refractivity contribution is -0.126. The molecule has 0 radical (unpaired) electrons. The van der Waals surface area contributed by atoms with Crippen LogP contribution in [0, 0.1) is 11.3 Å². The van der Waals surface area contributed by atoms with Gasteiger partial charge in [0.2, 0.25) is 5.91 Å². The molecule has 1 saturated heterocycles. The summed E-state index contributed by atoms with van der Waals surface area (Å²) in [7, 11) is 0. The van der Waals surface area contributed by atoms with Crippen LogP contribution in [0.2, 0.25) is 0 Å². The van der Waals surface area contributed by atoms with Crippen molar-refractivity contribution in [1.82, 2.24) is 4.90 Å². The van der Waals surface area contributed by atoms with Crippen molar-refractivity contribution in [2.45, 2.75) is 18.9 Å². The van der Waals surface area contributed by atoms with Gasteiger partial charge in [-0.25, -0.2) is 0 Å². The molecule has 1 amide bonds. The summed E-state index contributed by atoms with van der Waals surface area (Å²) in [5, 5.41) is 8.55. The van der Waals surface area contributed by atoms with Gasteiger partial charge in [0.1, 0.15) is 25.0 Å². The predicted molar refractivity (Wildman–Crippen MR) is 108 cm³/mol. The normalized spacial score (nSPS) is 17.9. The van der Waals surface area contributed by atoms with E-state index in [1.807, 2.05) is 41.3 Å². The predicted octanol–water partition coefficient (Wildman–Crippen LogP) is 3.74. The van der Waals surface area contributed by atoms with Gasteiger partial charge in [-0.05, 0) is 54.3 Å². The number of hydrogen-bond acceptors (Lipinski definition) is 5. The van der Waals surface area contributed by atoms with Crippen LogP contribution < -0.4 is 14.2 Å². The molecule has 0 aliphatic carbocycles. The minimum atomic E-state index is -0.00723. The summed E-state index contributed by atoms with van der Waals surface area (Å²) < 4.78 is 16.5. The summed E-state index contributed by atoms with van der Waals surface area (Å²) in [5.74, 6) is 2.14. The Balaban J connectivity index is 1.44. The Bertz CT molecular complexity index is 946. The maximum absolute atomic E-state index is 12.8. The van der Waals surface area contributed by atoms with E-state index in [0.29, 0.717) is 19.0 Å². The smallest absolute Gasteiger partial charge is 0.247 e. The van der Waals surface area contributed by atoms with Crippen LogP contribution in [0.5, 0.6) is 17.2 Å². The first-order chi connectivity index (χ1) is 14.2. The number of likely N-dealkylation sites (tertiary alicyclic amines) is 1. The molecule has 2 heterocycles. The zero-order valence-corrected chi connectivity index (χ0v) is 16.0. The maximum atomic E-state index is 12.8. The fourth-order valence-corrected chi connectivity index (χ4v) is 3.70. The number of nitrogens with zero attached hydrogens (tertiary/aromatic N) is 2. The molecule has 2 aliphatic heterocycles. The van der Waals surface area contributed by atoms with Crippen molar-refractivity contribution in [2.24, 2.45) is 0 Å². The Hall–Kier alpha value is -3.46. The number of hydrogen-bond donors (Lipinski definition) is 0. The highest BCUT2D eigenvalue weighted by Crippen LogP contribution is 2.38. The molecule has 2 aliphatic rings. The summed E-state index contributed by atoms with van der Waals surface area (Å²) in [6, 6.07) is 15.2. The van der Waals surface area contributed by atoms with Gasteiger partial charge in [-0.1, -0.05) is 18.2 Å². The van der Waals surface area contributed by atoms with Crippen LogP contribution in [0.1, 0.15) is 30.0 Å². The maximum Gasteiger partial charge on any atom is 0.247 e. The summed E-state index contributed by atoms with van der Waals surface area (Å²) in [4.78, 5) is 14.7. The van der Waals surface area contributed by atoms with Crippen molar-refractivity contribution in [3.63, 3.8) is 0 Å². The van der Waals surface area contributed by atoms with E-state index in [1.54, 1.807) is 24.3 Å². The third kappa shape index (κ3) is 4.35. The Morgan fingerprint density at radius 3 is 2.76 bits per heavy atom. The summed E-state index contributed by atoms with van der Waals surface area (Å²) in [5.41, 5.74) is 1.98. The van der Waals surface area contributed by atoms with Crippen LogP contribution in [-0.2, 0) is 4.79 Å². The second-order valence-corrected chi connectivity index (χ2v) is 6.94. The number of amides is 1. The molecule has 6 nitrogen and oxygen atoms in total. The lowest BCUT2D eigenvalue weighted by atomic mass is 10.0. The van der Waals surface area contributed by atoms with Crippen LogP contribution in [0.25, 0.3) is 6.08 Å². The van der Waals surface area contributed by atoms with E-state index in [-0.39, 0.29) is 18.6 Å². The van der Waals surface area contributed by atoms with E-state index in [4.69, 9.17) is 19.5 Å². The number of fused-ring (bicyclic) bond motifs is 1. The molecule has 1 atom stereocenters. The number of benzene rings is 2. The zero-order chi connectivity index (χ0) is 20.1. The van der Waals surface area contributed by atoms with Gasteiger partial charge in [0, 0.05) is 12.6 Å². The molecule has 2 aromatic carbocycles. The van der Waals surface area contributed by atoms with Gasteiger partial charge in [-0.3, -0.25) is 4.79 Å². The van der Waals surface area contributed by atoms with Crippen molar-refractivity contribution in [3.05, 3.63) is 59.7 Å². The Kier molecular flexibility index (Phi) is 5.66. The van der Waals surface area contributed by atoms with E-state index in [2.05, 4.69) is 0 Å². The number of rotatable bonds is 5. The van der Waals surface area contributed by atoms with Crippen molar-refractivity contribution in [1.29, 1.82) is 5.26 Å². The number of nitriles is 1. The minimum Gasteiger partial charge on any atom is -0.486 e. The largest absolute Gasteiger partial charge is 0.486 e. The summed E-state index contributed by atoms with van der Waals surface area (Å²) in [6.45, 7) is 1.87. The molecule has 1 unspecified atom stereocenters. The highest BCUT2D eigenvalue weighted by Gasteiger charge is 2.29. The Labute approximate surface area is 169 Å². The molecule has 6 heteroatoms. The zero-order valence-electron chi connectivity index (χ0n) is 16.0. The topological polar surface area (TPSA) is 71.8 Å². The highest BCUT2D eigenvalue weighted by atomic mass is 16.6. The van der Waals surface area contributed by atoms with Crippen LogP contribution >= 0.6 is 0 Å². The van der Waals surface area contributed by atoms with E-state index in [9.17, 15) is 4.79 Å². The molecule has 148 valence electrons. The highest BCUT2D eigenvalue weighted by molar-refractivity contribution is 5.92. The molecule has 2 aromatic rings. The molecular weight excluding hydrogens is 368 g/mol. The third-order valence-corrected chi connectivity index (χ3v) is 5.09. The monoisotopic (exact) mass is 390 g/mol. The summed E-state index contributed by atoms with van der Waals surface area (Å²) >= 11 is 0. The third-order valence-electron chi connectivity index (χ3n) is 5.09. The van der Waals surface area contributed by atoms with Gasteiger partial charge in [-0.2, -0.15) is 5.26 Å². The van der Waals surface area contributed by atoms with Crippen LogP contribution in [0.15, 0.2) is 48.5 Å². The van der Waals surface area contributed by atoms with Gasteiger partial charge in [0.25, 0.3) is 0 Å². The molecule has 0 spiro atoms. The minimum absolute atomic E-state index is 0.00723. The molecule has 0 aromatic heterocycles. The molecule has 1 fully saturated rings. The number of ether oxygens (including phenoxy) is 3. The van der Waals surface area contributed by atoms with E-state index in [0.717, 1.165) is 42.0 Å². The van der Waals surface area contributed by atoms with Crippen LogP contribution in [0.3, 0.4) is 0 Å². The quantitative estimate of drug-likeness (QED) is 0.728. The Morgan fingerprint density at radius 1 is 1.17 bits per heavy atom.